The van der Waals surface area contributed by atoms with Crippen LogP contribution in [0.25, 0.3) is 22.2 Å². The van der Waals surface area contributed by atoms with Crippen molar-refractivity contribution in [2.24, 2.45) is 0 Å². The molecule has 1 saturated carbocycles. The monoisotopic (exact) mass is 664 g/mol. The number of imidazole rings is 1. The standard InChI is InChI=1S/C42H56N4O3/c1-6-8-10-16-28-45(41(48)43-33-17-12-11-13-18-33)34-26-27-37-38(29-34)46(39(44-37)21-9-7-2)30-31-22-24-32(25-23-31)35-19-14-15-20-36(35)40(47)49-42(3,4)5/h14-15,19-20,22-27,29,33H,6-13,16-18,21,28,30H2,1-5H3,(H,43,48). The summed E-state index contributed by atoms with van der Waals surface area (Å²) in [5.74, 6) is 0.745. The van der Waals surface area contributed by atoms with Crippen molar-refractivity contribution < 1.29 is 14.3 Å². The molecule has 1 fully saturated rings. The number of urea groups is 1. The van der Waals surface area contributed by atoms with Gasteiger partial charge >= 0.3 is 12.0 Å². The van der Waals surface area contributed by atoms with E-state index in [4.69, 9.17) is 9.72 Å². The maximum atomic E-state index is 13.8. The van der Waals surface area contributed by atoms with Crippen LogP contribution in [0.15, 0.2) is 66.7 Å². The number of rotatable bonds is 14. The quantitative estimate of drug-likeness (QED) is 0.108. The lowest BCUT2D eigenvalue weighted by Crippen LogP contribution is -2.46. The third-order valence-electron chi connectivity index (χ3n) is 9.44. The number of nitrogens with one attached hydrogen (secondary N) is 1. The van der Waals surface area contributed by atoms with Gasteiger partial charge in [0, 0.05) is 31.2 Å². The fourth-order valence-corrected chi connectivity index (χ4v) is 6.79. The Morgan fingerprint density at radius 1 is 0.898 bits per heavy atom. The molecular formula is C42H56N4O3. The van der Waals surface area contributed by atoms with Crippen molar-refractivity contribution in [2.75, 3.05) is 11.4 Å². The van der Waals surface area contributed by atoms with Crippen LogP contribution in [0.4, 0.5) is 10.5 Å². The first-order valence-electron chi connectivity index (χ1n) is 18.7. The summed E-state index contributed by atoms with van der Waals surface area (Å²) in [5, 5.41) is 3.37. The van der Waals surface area contributed by atoms with Crippen LogP contribution >= 0.6 is 0 Å². The van der Waals surface area contributed by atoms with Gasteiger partial charge in [-0.2, -0.15) is 0 Å². The average Bonchev–Trinajstić information content (AvgIpc) is 3.43. The van der Waals surface area contributed by atoms with E-state index in [0.29, 0.717) is 18.7 Å². The Hall–Kier alpha value is -4.13. The third-order valence-corrected chi connectivity index (χ3v) is 9.44. The molecule has 1 aromatic heterocycles. The van der Waals surface area contributed by atoms with Gasteiger partial charge in [0.25, 0.3) is 0 Å². The lowest BCUT2D eigenvalue weighted by atomic mass is 9.96. The van der Waals surface area contributed by atoms with Crippen molar-refractivity contribution in [1.82, 2.24) is 14.9 Å². The van der Waals surface area contributed by atoms with E-state index >= 15 is 0 Å². The molecule has 1 aliphatic carbocycles. The molecular weight excluding hydrogens is 608 g/mol. The number of hydrogen-bond donors (Lipinski definition) is 1. The molecule has 49 heavy (non-hydrogen) atoms. The zero-order chi connectivity index (χ0) is 34.8. The smallest absolute Gasteiger partial charge is 0.339 e. The summed E-state index contributed by atoms with van der Waals surface area (Å²) < 4.78 is 8.03. The van der Waals surface area contributed by atoms with Crippen LogP contribution in [0.2, 0.25) is 0 Å². The molecule has 0 spiro atoms. The first-order chi connectivity index (χ1) is 23.7. The van der Waals surface area contributed by atoms with Gasteiger partial charge in [-0.15, -0.1) is 0 Å². The Morgan fingerprint density at radius 2 is 1.63 bits per heavy atom. The second-order valence-electron chi connectivity index (χ2n) is 14.6. The van der Waals surface area contributed by atoms with Crippen molar-refractivity contribution in [3.05, 3.63) is 83.7 Å². The summed E-state index contributed by atoms with van der Waals surface area (Å²) in [6, 6.07) is 22.7. The zero-order valence-electron chi connectivity index (χ0n) is 30.4. The number of benzene rings is 3. The van der Waals surface area contributed by atoms with Gasteiger partial charge in [0.05, 0.1) is 16.6 Å². The normalized spacial score (nSPS) is 13.8. The molecule has 1 heterocycles. The highest BCUT2D eigenvalue weighted by molar-refractivity contribution is 5.97. The van der Waals surface area contributed by atoms with Crippen LogP contribution in [0.1, 0.15) is 127 Å². The number of carbonyl (C=O) groups excluding carboxylic acids is 2. The molecule has 7 heteroatoms. The summed E-state index contributed by atoms with van der Waals surface area (Å²) in [5.41, 5.74) is 5.90. The van der Waals surface area contributed by atoms with Gasteiger partial charge in [-0.3, -0.25) is 4.90 Å². The van der Waals surface area contributed by atoms with Crippen LogP contribution in [-0.4, -0.2) is 39.7 Å². The summed E-state index contributed by atoms with van der Waals surface area (Å²) in [7, 11) is 0. The van der Waals surface area contributed by atoms with Gasteiger partial charge in [0.2, 0.25) is 0 Å². The average molecular weight is 665 g/mol. The molecule has 0 unspecified atom stereocenters. The minimum Gasteiger partial charge on any atom is -0.456 e. The first-order valence-corrected chi connectivity index (χ1v) is 18.7. The van der Waals surface area contributed by atoms with Gasteiger partial charge in [0.15, 0.2) is 0 Å². The molecule has 0 radical (unpaired) electrons. The largest absolute Gasteiger partial charge is 0.456 e. The fraction of sp³-hybridized carbons (Fsp3) is 0.500. The Bertz CT molecular complexity index is 1680. The summed E-state index contributed by atoms with van der Waals surface area (Å²) >= 11 is 0. The van der Waals surface area contributed by atoms with Crippen LogP contribution in [0, 0.1) is 0 Å². The number of esters is 1. The molecule has 0 bridgehead atoms. The minimum atomic E-state index is -0.567. The highest BCUT2D eigenvalue weighted by Crippen LogP contribution is 2.29. The molecule has 5 rings (SSSR count). The third kappa shape index (κ3) is 9.74. The van der Waals surface area contributed by atoms with E-state index in [1.165, 1.54) is 25.7 Å². The molecule has 7 nitrogen and oxygen atoms in total. The Labute approximate surface area is 293 Å². The number of carbonyl (C=O) groups is 2. The molecule has 2 amide bonds. The van der Waals surface area contributed by atoms with E-state index in [-0.39, 0.29) is 18.0 Å². The Balaban J connectivity index is 1.44. The molecule has 1 N–H and O–H groups in total. The van der Waals surface area contributed by atoms with Crippen molar-refractivity contribution in [3.63, 3.8) is 0 Å². The number of aromatic nitrogens is 2. The van der Waals surface area contributed by atoms with Crippen molar-refractivity contribution in [2.45, 2.75) is 130 Å². The lowest BCUT2D eigenvalue weighted by Gasteiger charge is -2.28. The molecule has 3 aromatic carbocycles. The van der Waals surface area contributed by atoms with Crippen LogP contribution in [0.5, 0.6) is 0 Å². The predicted octanol–water partition coefficient (Wildman–Crippen LogP) is 10.5. The van der Waals surface area contributed by atoms with Gasteiger partial charge in [-0.25, -0.2) is 14.6 Å². The van der Waals surface area contributed by atoms with Crippen LogP contribution in [0.3, 0.4) is 0 Å². The zero-order valence-corrected chi connectivity index (χ0v) is 30.4. The summed E-state index contributed by atoms with van der Waals surface area (Å²) in [4.78, 5) is 33.9. The van der Waals surface area contributed by atoms with Crippen molar-refractivity contribution >= 4 is 28.7 Å². The van der Waals surface area contributed by atoms with Gasteiger partial charge in [-0.1, -0.05) is 101 Å². The maximum Gasteiger partial charge on any atom is 0.339 e. The fourth-order valence-electron chi connectivity index (χ4n) is 6.79. The van der Waals surface area contributed by atoms with Crippen LogP contribution in [-0.2, 0) is 17.7 Å². The van der Waals surface area contributed by atoms with E-state index in [1.807, 2.05) is 49.9 Å². The highest BCUT2D eigenvalue weighted by Gasteiger charge is 2.23. The number of ether oxygens (including phenoxy) is 1. The van der Waals surface area contributed by atoms with Gasteiger partial charge in [0.1, 0.15) is 11.4 Å². The predicted molar refractivity (Wildman–Crippen MR) is 201 cm³/mol. The highest BCUT2D eigenvalue weighted by atomic mass is 16.6. The Morgan fingerprint density at radius 3 is 2.35 bits per heavy atom. The number of unbranched alkanes of at least 4 members (excludes halogenated alkanes) is 4. The number of amides is 2. The van der Waals surface area contributed by atoms with E-state index in [0.717, 1.165) is 90.6 Å². The second kappa shape index (κ2) is 17.0. The molecule has 1 aliphatic rings. The summed E-state index contributed by atoms with van der Waals surface area (Å²) in [6.45, 7) is 11.5. The van der Waals surface area contributed by atoms with Gasteiger partial charge in [-0.05, 0) is 87.4 Å². The number of nitrogens with zero attached hydrogens (tertiary/aromatic N) is 3. The summed E-state index contributed by atoms with van der Waals surface area (Å²) in [6.07, 6.45) is 13.2. The first kappa shape index (κ1) is 36.2. The van der Waals surface area contributed by atoms with Crippen molar-refractivity contribution in [3.8, 4) is 11.1 Å². The SMILES string of the molecule is CCCCCCN(C(=O)NC1CCCCC1)c1ccc2nc(CCCC)n(Cc3ccc(-c4ccccc4C(=O)OC(C)(C)C)cc3)c2c1. The molecule has 0 aliphatic heterocycles. The number of fused-ring (bicyclic) bond motifs is 1. The second-order valence-corrected chi connectivity index (χ2v) is 14.6. The van der Waals surface area contributed by atoms with E-state index in [2.05, 4.69) is 66.2 Å². The molecule has 262 valence electrons. The lowest BCUT2D eigenvalue weighted by molar-refractivity contribution is 0.00703. The molecule has 0 saturated heterocycles. The topological polar surface area (TPSA) is 76.5 Å². The minimum absolute atomic E-state index is 0.0160. The molecule has 0 atom stereocenters. The maximum absolute atomic E-state index is 13.8. The van der Waals surface area contributed by atoms with E-state index in [9.17, 15) is 9.59 Å². The number of anilines is 1. The van der Waals surface area contributed by atoms with Gasteiger partial charge < -0.3 is 14.6 Å². The van der Waals surface area contributed by atoms with E-state index in [1.54, 1.807) is 0 Å². The van der Waals surface area contributed by atoms with Crippen molar-refractivity contribution in [1.29, 1.82) is 0 Å². The van der Waals surface area contributed by atoms with E-state index < -0.39 is 5.60 Å². The van der Waals surface area contributed by atoms with Crippen LogP contribution < -0.4 is 10.2 Å². The number of hydrogen-bond acceptors (Lipinski definition) is 4. The Kier molecular flexibility index (Phi) is 12.5. The number of aryl methyl sites for hydroxylation is 1. The molecule has 4 aromatic rings.